The first-order valence-corrected chi connectivity index (χ1v) is 3.91. The van der Waals surface area contributed by atoms with Crippen LogP contribution in [0.15, 0.2) is 28.9 Å². The maximum Gasteiger partial charge on any atom is 0.113 e. The topological polar surface area (TPSA) is 38.4 Å². The van der Waals surface area contributed by atoms with E-state index in [1.54, 1.807) is 6.08 Å². The maximum atomic E-state index is 5.50. The monoisotopic (exact) mass is 172 g/mol. The van der Waals surface area contributed by atoms with Crippen LogP contribution in [0.1, 0.15) is 13.8 Å². The van der Waals surface area contributed by atoms with Crippen LogP contribution in [-0.2, 0) is 0 Å². The Kier molecular flexibility index (Phi) is 5.57. The van der Waals surface area contributed by atoms with Crippen molar-refractivity contribution in [3.8, 4) is 0 Å². The van der Waals surface area contributed by atoms with Gasteiger partial charge in [0.1, 0.15) is 6.00 Å². The first kappa shape index (κ1) is 10.2. The third kappa shape index (κ3) is 5.67. The molecule has 0 spiro atoms. The molecule has 0 bridgehead atoms. The highest BCUT2D eigenvalue weighted by Gasteiger charge is 1.81. The van der Waals surface area contributed by atoms with Crippen LogP contribution in [0.2, 0.25) is 0 Å². The van der Waals surface area contributed by atoms with Gasteiger partial charge < -0.3 is 5.73 Å². The SMILES string of the molecule is C/C=C(N)/C=C\C(C)=NCCl. The molecule has 0 heterocycles. The summed E-state index contributed by atoms with van der Waals surface area (Å²) < 4.78 is 0. The van der Waals surface area contributed by atoms with Crippen molar-refractivity contribution in [1.82, 2.24) is 0 Å². The van der Waals surface area contributed by atoms with E-state index in [1.165, 1.54) is 0 Å². The van der Waals surface area contributed by atoms with E-state index in [0.29, 0.717) is 6.00 Å². The molecule has 0 amide bonds. The molecule has 0 saturated heterocycles. The highest BCUT2D eigenvalue weighted by Crippen LogP contribution is 1.89. The Labute approximate surface area is 72.5 Å². The van der Waals surface area contributed by atoms with Gasteiger partial charge in [-0.05, 0) is 26.0 Å². The summed E-state index contributed by atoms with van der Waals surface area (Å²) in [6.45, 7) is 3.76. The molecule has 0 aliphatic carbocycles. The number of rotatable bonds is 3. The van der Waals surface area contributed by atoms with Gasteiger partial charge in [-0.3, -0.25) is 4.99 Å². The summed E-state index contributed by atoms with van der Waals surface area (Å²) in [4.78, 5) is 3.94. The lowest BCUT2D eigenvalue weighted by Crippen LogP contribution is -1.93. The molecule has 0 atom stereocenters. The zero-order valence-corrected chi connectivity index (χ0v) is 7.60. The zero-order chi connectivity index (χ0) is 8.69. The predicted molar refractivity (Wildman–Crippen MR) is 50.9 cm³/mol. The van der Waals surface area contributed by atoms with Crippen molar-refractivity contribution in [3.05, 3.63) is 23.9 Å². The van der Waals surface area contributed by atoms with Crippen LogP contribution in [0.25, 0.3) is 0 Å². The molecule has 0 aromatic rings. The van der Waals surface area contributed by atoms with E-state index in [4.69, 9.17) is 17.3 Å². The highest BCUT2D eigenvalue weighted by atomic mass is 35.5. The fourth-order valence-electron chi connectivity index (χ4n) is 0.460. The van der Waals surface area contributed by atoms with Crippen LogP contribution in [0.5, 0.6) is 0 Å². The molecule has 0 fully saturated rings. The summed E-state index contributed by atoms with van der Waals surface area (Å²) >= 11 is 5.38. The fourth-order valence-corrected chi connectivity index (χ4v) is 0.649. The fraction of sp³-hybridized carbons (Fsp3) is 0.375. The van der Waals surface area contributed by atoms with E-state index in [9.17, 15) is 0 Å². The lowest BCUT2D eigenvalue weighted by atomic mass is 10.3. The number of aliphatic imine (C=N–C) groups is 1. The highest BCUT2D eigenvalue weighted by molar-refractivity contribution is 6.18. The van der Waals surface area contributed by atoms with E-state index in [0.717, 1.165) is 11.4 Å². The molecular formula is C8H13ClN2. The van der Waals surface area contributed by atoms with E-state index in [2.05, 4.69) is 4.99 Å². The van der Waals surface area contributed by atoms with Crippen molar-refractivity contribution in [3.63, 3.8) is 0 Å². The third-order valence-electron chi connectivity index (χ3n) is 1.16. The van der Waals surface area contributed by atoms with Crippen molar-refractivity contribution in [2.24, 2.45) is 10.7 Å². The van der Waals surface area contributed by atoms with Crippen LogP contribution in [0, 0.1) is 0 Å². The Balaban J connectivity index is 4.03. The average molecular weight is 173 g/mol. The van der Waals surface area contributed by atoms with E-state index in [1.807, 2.05) is 26.0 Å². The summed E-state index contributed by atoms with van der Waals surface area (Å²) in [5.74, 6) is 0. The van der Waals surface area contributed by atoms with Gasteiger partial charge in [-0.25, -0.2) is 0 Å². The predicted octanol–water partition coefficient (Wildman–Crippen LogP) is 2.06. The van der Waals surface area contributed by atoms with Gasteiger partial charge in [-0.2, -0.15) is 0 Å². The molecule has 11 heavy (non-hydrogen) atoms. The smallest absolute Gasteiger partial charge is 0.113 e. The lowest BCUT2D eigenvalue weighted by molar-refractivity contribution is 1.35. The lowest BCUT2D eigenvalue weighted by Gasteiger charge is -1.90. The normalized spacial score (nSPS) is 14.5. The molecule has 0 aromatic heterocycles. The molecule has 62 valence electrons. The quantitative estimate of drug-likeness (QED) is 0.301. The molecule has 3 heteroatoms. The minimum Gasteiger partial charge on any atom is -0.399 e. The summed E-state index contributed by atoms with van der Waals surface area (Å²) in [5.41, 5.74) is 7.11. The second-order valence-corrected chi connectivity index (χ2v) is 2.28. The Morgan fingerprint density at radius 1 is 1.55 bits per heavy atom. The number of nitrogens with zero attached hydrogens (tertiary/aromatic N) is 1. The van der Waals surface area contributed by atoms with Gasteiger partial charge in [0, 0.05) is 11.4 Å². The first-order chi connectivity index (χ1) is 5.20. The first-order valence-electron chi connectivity index (χ1n) is 3.37. The molecule has 0 rings (SSSR count). The van der Waals surface area contributed by atoms with Gasteiger partial charge in [0.15, 0.2) is 0 Å². The van der Waals surface area contributed by atoms with Gasteiger partial charge in [-0.1, -0.05) is 6.08 Å². The second kappa shape index (κ2) is 5.98. The molecule has 0 aliphatic heterocycles. The van der Waals surface area contributed by atoms with Crippen molar-refractivity contribution in [2.75, 3.05) is 6.00 Å². The number of nitrogens with two attached hydrogens (primary N) is 1. The van der Waals surface area contributed by atoms with Crippen LogP contribution >= 0.6 is 11.6 Å². The number of alkyl halides is 1. The summed E-state index contributed by atoms with van der Waals surface area (Å²) in [5, 5.41) is 0. The van der Waals surface area contributed by atoms with E-state index < -0.39 is 0 Å². The molecular weight excluding hydrogens is 160 g/mol. The molecule has 0 saturated carbocycles. The number of halogens is 1. The Morgan fingerprint density at radius 3 is 2.64 bits per heavy atom. The van der Waals surface area contributed by atoms with Gasteiger partial charge in [0.2, 0.25) is 0 Å². The van der Waals surface area contributed by atoms with Crippen molar-refractivity contribution >= 4 is 17.3 Å². The zero-order valence-electron chi connectivity index (χ0n) is 6.84. The number of allylic oxidation sites excluding steroid dienone is 3. The van der Waals surface area contributed by atoms with Crippen LogP contribution in [-0.4, -0.2) is 11.7 Å². The van der Waals surface area contributed by atoms with Crippen molar-refractivity contribution in [2.45, 2.75) is 13.8 Å². The van der Waals surface area contributed by atoms with Gasteiger partial charge >= 0.3 is 0 Å². The van der Waals surface area contributed by atoms with Gasteiger partial charge in [-0.15, -0.1) is 11.6 Å². The molecule has 2 N–H and O–H groups in total. The van der Waals surface area contributed by atoms with Crippen LogP contribution in [0.3, 0.4) is 0 Å². The number of hydrogen-bond acceptors (Lipinski definition) is 2. The summed E-state index contributed by atoms with van der Waals surface area (Å²) in [6.07, 6.45) is 5.45. The standard InChI is InChI=1S/C8H13ClN2/c1-3-8(10)5-4-7(2)11-6-9/h3-5H,6,10H2,1-2H3/b5-4-,8-3-,11-7?. The van der Waals surface area contributed by atoms with Crippen molar-refractivity contribution in [1.29, 1.82) is 0 Å². The second-order valence-electron chi connectivity index (χ2n) is 2.04. The Bertz CT molecular complexity index is 192. The molecule has 0 aromatic carbocycles. The average Bonchev–Trinajstić information content (AvgIpc) is 2.01. The Hall–Kier alpha value is -0.760. The van der Waals surface area contributed by atoms with E-state index >= 15 is 0 Å². The molecule has 0 radical (unpaired) electrons. The van der Waals surface area contributed by atoms with Gasteiger partial charge in [0.05, 0.1) is 0 Å². The Morgan fingerprint density at radius 2 is 2.18 bits per heavy atom. The van der Waals surface area contributed by atoms with E-state index in [-0.39, 0.29) is 0 Å². The maximum absolute atomic E-state index is 5.50. The third-order valence-corrected chi connectivity index (χ3v) is 1.28. The van der Waals surface area contributed by atoms with Crippen LogP contribution < -0.4 is 5.73 Å². The minimum atomic E-state index is 0.298. The van der Waals surface area contributed by atoms with Crippen LogP contribution in [0.4, 0.5) is 0 Å². The van der Waals surface area contributed by atoms with Crippen molar-refractivity contribution < 1.29 is 0 Å². The molecule has 2 nitrogen and oxygen atoms in total. The molecule has 0 aliphatic rings. The summed E-state index contributed by atoms with van der Waals surface area (Å²) in [6, 6.07) is 0.298. The largest absolute Gasteiger partial charge is 0.399 e. The minimum absolute atomic E-state index is 0.298. The molecule has 0 unspecified atom stereocenters. The van der Waals surface area contributed by atoms with Gasteiger partial charge in [0.25, 0.3) is 0 Å². The summed E-state index contributed by atoms with van der Waals surface area (Å²) in [7, 11) is 0. The number of hydrogen-bond donors (Lipinski definition) is 1.